The highest BCUT2D eigenvalue weighted by Gasteiger charge is 2.25. The minimum absolute atomic E-state index is 0.0539. The molecular weight excluding hydrogens is 462 g/mol. The van der Waals surface area contributed by atoms with Crippen LogP contribution in [0.1, 0.15) is 74.2 Å². The van der Waals surface area contributed by atoms with E-state index in [0.717, 1.165) is 49.5 Å². The molecule has 1 aliphatic carbocycles. The summed E-state index contributed by atoms with van der Waals surface area (Å²) in [6.45, 7) is 7.10. The maximum absolute atomic E-state index is 13.4. The van der Waals surface area contributed by atoms with Crippen LogP contribution in [0.3, 0.4) is 0 Å². The van der Waals surface area contributed by atoms with E-state index in [-0.39, 0.29) is 18.3 Å². The van der Waals surface area contributed by atoms with E-state index in [4.69, 9.17) is 21.7 Å². The molecule has 1 saturated carbocycles. The van der Waals surface area contributed by atoms with Crippen molar-refractivity contribution >= 4 is 29.1 Å². The van der Waals surface area contributed by atoms with Crippen LogP contribution >= 0.6 is 11.6 Å². The van der Waals surface area contributed by atoms with Crippen LogP contribution < -0.4 is 15.5 Å². The van der Waals surface area contributed by atoms with Crippen molar-refractivity contribution < 1.29 is 9.53 Å². The lowest BCUT2D eigenvalue weighted by Gasteiger charge is -2.36. The number of likely N-dealkylation sites (tertiary alicyclic amines) is 1. The van der Waals surface area contributed by atoms with Crippen molar-refractivity contribution in [1.82, 2.24) is 15.5 Å². The number of benzene rings is 1. The third-order valence-corrected chi connectivity index (χ3v) is 7.57. The van der Waals surface area contributed by atoms with E-state index in [1.54, 1.807) is 6.07 Å². The molecule has 8 heteroatoms. The average molecular weight is 504 g/mol. The van der Waals surface area contributed by atoms with Gasteiger partial charge in [0.25, 0.3) is 5.91 Å². The highest BCUT2D eigenvalue weighted by molar-refractivity contribution is 6.31. The number of anilines is 1. The van der Waals surface area contributed by atoms with Crippen molar-refractivity contribution in [2.75, 3.05) is 45.2 Å². The normalized spacial score (nSPS) is 17.5. The molecule has 7 nitrogen and oxygen atoms in total. The maximum atomic E-state index is 13.4. The fraction of sp³-hybridized carbons (Fsp3) is 0.630. The van der Waals surface area contributed by atoms with Crippen molar-refractivity contribution in [2.45, 2.75) is 71.3 Å². The van der Waals surface area contributed by atoms with Crippen molar-refractivity contribution in [3.63, 3.8) is 0 Å². The molecule has 0 aromatic heterocycles. The molecule has 1 aliphatic heterocycles. The molecule has 1 amide bonds. The van der Waals surface area contributed by atoms with Gasteiger partial charge in [-0.05, 0) is 63.6 Å². The lowest BCUT2D eigenvalue weighted by molar-refractivity contribution is 0.0956. The lowest BCUT2D eigenvalue weighted by Crippen LogP contribution is -2.39. The Morgan fingerprint density at radius 1 is 1.17 bits per heavy atom. The first-order valence-corrected chi connectivity index (χ1v) is 13.4. The number of carbonyl (C=O) groups is 1. The number of nitrogens with zero attached hydrogens (tertiary/aromatic N) is 2. The second-order valence-electron chi connectivity index (χ2n) is 9.52. The highest BCUT2D eigenvalue weighted by Crippen LogP contribution is 2.33. The Hall–Kier alpha value is -2.41. The van der Waals surface area contributed by atoms with Gasteiger partial charge in [-0.1, -0.05) is 30.9 Å². The molecule has 0 spiro atoms. The molecule has 3 rings (SSSR count). The van der Waals surface area contributed by atoms with Gasteiger partial charge in [0.15, 0.2) is 0 Å². The van der Waals surface area contributed by atoms with Crippen LogP contribution in [0, 0.1) is 12.3 Å². The van der Waals surface area contributed by atoms with E-state index in [1.165, 1.54) is 45.6 Å². The van der Waals surface area contributed by atoms with Gasteiger partial charge in [0.05, 0.1) is 19.2 Å². The molecule has 1 aromatic rings. The fourth-order valence-corrected chi connectivity index (χ4v) is 5.71. The Bertz CT molecular complexity index is 920. The molecule has 0 unspecified atom stereocenters. The Morgan fingerprint density at radius 2 is 1.83 bits per heavy atom. The van der Waals surface area contributed by atoms with Crippen molar-refractivity contribution in [3.8, 4) is 0 Å². The predicted octanol–water partition coefficient (Wildman–Crippen LogP) is 5.08. The third kappa shape index (κ3) is 6.63. The smallest absolute Gasteiger partial charge is 0.251 e. The quantitative estimate of drug-likeness (QED) is 0.323. The van der Waals surface area contributed by atoms with Gasteiger partial charge in [-0.3, -0.25) is 10.2 Å². The molecule has 3 N–H and O–H groups in total. The standard InChI is InChI=1S/C27H42ClN5O2/c1-5-33(21-12-8-6-9-13-21)24-17-20(28)16-22(19(24)2)27(34)31-18-23(25(29)35-4)26(30-3)32-14-10-7-11-15-32/h16-17,21,29-30H,5-15,18H2,1-4H3,(H,31,34)/b26-23+,29-25?. The summed E-state index contributed by atoms with van der Waals surface area (Å²) < 4.78 is 5.28. The van der Waals surface area contributed by atoms with E-state index >= 15 is 0 Å². The summed E-state index contributed by atoms with van der Waals surface area (Å²) in [7, 11) is 3.35. The molecule has 194 valence electrons. The molecular formula is C27H42ClN5O2. The van der Waals surface area contributed by atoms with Gasteiger partial charge in [-0.2, -0.15) is 0 Å². The number of halogens is 1. The molecule has 0 bridgehead atoms. The summed E-state index contributed by atoms with van der Waals surface area (Å²) in [6.07, 6.45) is 9.60. The summed E-state index contributed by atoms with van der Waals surface area (Å²) in [4.78, 5) is 18.1. The van der Waals surface area contributed by atoms with E-state index in [2.05, 4.69) is 27.4 Å². The first kappa shape index (κ1) is 27.2. The monoisotopic (exact) mass is 503 g/mol. The Labute approximate surface area is 215 Å². The van der Waals surface area contributed by atoms with Crippen LogP contribution in [0.15, 0.2) is 23.5 Å². The number of carbonyl (C=O) groups excluding carboxylic acids is 1. The minimum atomic E-state index is -0.193. The van der Waals surface area contributed by atoms with Crippen molar-refractivity contribution in [2.24, 2.45) is 0 Å². The maximum Gasteiger partial charge on any atom is 0.251 e. The number of rotatable bonds is 9. The third-order valence-electron chi connectivity index (χ3n) is 7.35. The molecule has 0 radical (unpaired) electrons. The zero-order valence-electron chi connectivity index (χ0n) is 21.8. The SMILES string of the molecule is CCN(c1cc(Cl)cc(C(=O)NC/C(C(=N)OC)=C(/NC)N2CCCCC2)c1C)C1CCCCC1. The van der Waals surface area contributed by atoms with E-state index in [1.807, 2.05) is 20.0 Å². The number of nitrogens with one attached hydrogen (secondary N) is 3. The summed E-state index contributed by atoms with van der Waals surface area (Å²) in [6, 6.07) is 4.23. The molecule has 0 atom stereocenters. The summed E-state index contributed by atoms with van der Waals surface area (Å²) in [5, 5.41) is 15.2. The largest absolute Gasteiger partial charge is 0.481 e. The van der Waals surface area contributed by atoms with Crippen molar-refractivity contribution in [1.29, 1.82) is 5.41 Å². The highest BCUT2D eigenvalue weighted by atomic mass is 35.5. The minimum Gasteiger partial charge on any atom is -0.481 e. The van der Waals surface area contributed by atoms with Gasteiger partial charge in [0, 0.05) is 49.0 Å². The number of hydrogen-bond donors (Lipinski definition) is 3. The van der Waals surface area contributed by atoms with Crippen LogP contribution in [0.5, 0.6) is 0 Å². The first-order valence-electron chi connectivity index (χ1n) is 13.0. The molecule has 1 heterocycles. The van der Waals surface area contributed by atoms with Gasteiger partial charge in [-0.25, -0.2) is 0 Å². The molecule has 2 aliphatic rings. The van der Waals surface area contributed by atoms with Crippen LogP contribution in [-0.2, 0) is 4.74 Å². The second-order valence-corrected chi connectivity index (χ2v) is 9.95. The molecule has 1 aromatic carbocycles. The Kier molecular flexibility index (Phi) is 10.1. The van der Waals surface area contributed by atoms with E-state index in [0.29, 0.717) is 22.2 Å². The average Bonchev–Trinajstić information content (AvgIpc) is 2.89. The summed E-state index contributed by atoms with van der Waals surface area (Å²) >= 11 is 6.53. The molecule has 35 heavy (non-hydrogen) atoms. The Balaban J connectivity index is 1.85. The molecule has 1 saturated heterocycles. The number of piperidine rings is 1. The van der Waals surface area contributed by atoms with Crippen LogP contribution in [0.2, 0.25) is 5.02 Å². The summed E-state index contributed by atoms with van der Waals surface area (Å²) in [5.41, 5.74) is 3.20. The topological polar surface area (TPSA) is 80.7 Å². The van der Waals surface area contributed by atoms with E-state index < -0.39 is 0 Å². The van der Waals surface area contributed by atoms with Gasteiger partial charge < -0.3 is 25.2 Å². The molecule has 2 fully saturated rings. The van der Waals surface area contributed by atoms with Gasteiger partial charge >= 0.3 is 0 Å². The first-order chi connectivity index (χ1) is 16.9. The lowest BCUT2D eigenvalue weighted by atomic mass is 9.93. The number of amides is 1. The van der Waals surface area contributed by atoms with Crippen LogP contribution in [0.4, 0.5) is 5.69 Å². The second kappa shape index (κ2) is 13.1. The number of methoxy groups -OCH3 is 1. The number of hydrogen-bond acceptors (Lipinski definition) is 6. The van der Waals surface area contributed by atoms with Crippen LogP contribution in [0.25, 0.3) is 0 Å². The fourth-order valence-electron chi connectivity index (χ4n) is 5.49. The summed E-state index contributed by atoms with van der Waals surface area (Å²) in [5.74, 6) is 0.703. The van der Waals surface area contributed by atoms with Crippen molar-refractivity contribution in [3.05, 3.63) is 39.7 Å². The zero-order valence-corrected chi connectivity index (χ0v) is 22.6. The van der Waals surface area contributed by atoms with E-state index in [9.17, 15) is 4.79 Å². The van der Waals surface area contributed by atoms with Gasteiger partial charge in [-0.15, -0.1) is 0 Å². The van der Waals surface area contributed by atoms with Gasteiger partial charge in [0.2, 0.25) is 5.90 Å². The number of ether oxygens (including phenoxy) is 1. The predicted molar refractivity (Wildman–Crippen MR) is 145 cm³/mol. The van der Waals surface area contributed by atoms with Crippen LogP contribution in [-0.4, -0.2) is 63.1 Å². The Morgan fingerprint density at radius 3 is 2.43 bits per heavy atom. The van der Waals surface area contributed by atoms with Gasteiger partial charge in [0.1, 0.15) is 5.82 Å². The zero-order chi connectivity index (χ0) is 25.4.